The lowest BCUT2D eigenvalue weighted by Gasteiger charge is -2.26. The molecule has 12 heteroatoms. The van der Waals surface area contributed by atoms with Crippen molar-refractivity contribution in [2.75, 3.05) is 20.3 Å². The maximum atomic E-state index is 14.2. The van der Waals surface area contributed by atoms with Crippen molar-refractivity contribution in [3.63, 3.8) is 0 Å². The van der Waals surface area contributed by atoms with Crippen molar-refractivity contribution in [2.45, 2.75) is 40.7 Å². The van der Waals surface area contributed by atoms with E-state index in [-0.39, 0.29) is 22.8 Å². The number of aromatic nitrogens is 2. The Morgan fingerprint density at radius 3 is 2.55 bits per heavy atom. The molecule has 0 amide bonds. The Bertz CT molecular complexity index is 2010. The zero-order valence-corrected chi connectivity index (χ0v) is 28.1. The number of esters is 1. The Morgan fingerprint density at radius 1 is 1.14 bits per heavy atom. The number of hydrogen-bond acceptors (Lipinski definition) is 7. The van der Waals surface area contributed by atoms with Gasteiger partial charge < -0.3 is 18.8 Å². The maximum Gasteiger partial charge on any atom is 0.338 e. The quantitative estimate of drug-likeness (QED) is 0.205. The van der Waals surface area contributed by atoms with E-state index in [1.54, 1.807) is 38.1 Å². The molecule has 0 saturated carbocycles. The molecule has 0 fully saturated rings. The largest absolute Gasteiger partial charge is 0.493 e. The third-order valence-electron chi connectivity index (χ3n) is 7.31. The van der Waals surface area contributed by atoms with E-state index in [0.717, 1.165) is 17.0 Å². The first-order chi connectivity index (χ1) is 21.0. The number of allylic oxidation sites excluding steroid dienone is 1. The molecule has 1 atom stereocenters. The molecule has 0 unspecified atom stereocenters. The minimum atomic E-state index is -0.847. The van der Waals surface area contributed by atoms with Crippen LogP contribution in [-0.4, -0.2) is 35.4 Å². The fraction of sp³-hybridized carbons (Fsp3) is 0.281. The molecule has 2 aromatic heterocycles. The molecule has 8 nitrogen and oxygen atoms in total. The van der Waals surface area contributed by atoms with Gasteiger partial charge in [-0.2, -0.15) is 0 Å². The number of thiazole rings is 1. The summed E-state index contributed by atoms with van der Waals surface area (Å²) in [6.45, 7) is 9.77. The summed E-state index contributed by atoms with van der Waals surface area (Å²) < 4.78 is 35.1. The standard InChI is InChI=1S/C32H30BrClFN3O5S/c1-7-42-26-15-22(33)21(14-25(26)41-6)29-28(31(40)43-8-2)17(4)36-32-38(29)30(39)27(44-32)12-19-11-16(3)37(18(19)5)20-9-10-24(35)23(34)13-20/h9-15,29H,7-8H2,1-6H3/b27-12+/t29-/m0/s1. The van der Waals surface area contributed by atoms with Crippen molar-refractivity contribution in [1.82, 2.24) is 9.13 Å². The van der Waals surface area contributed by atoms with Gasteiger partial charge in [0.1, 0.15) is 5.82 Å². The van der Waals surface area contributed by atoms with Gasteiger partial charge in [-0.1, -0.05) is 38.9 Å². The molecule has 3 heterocycles. The first-order valence-electron chi connectivity index (χ1n) is 13.8. The third kappa shape index (κ3) is 5.64. The molecule has 0 aliphatic carbocycles. The second-order valence-electron chi connectivity index (χ2n) is 10.0. The van der Waals surface area contributed by atoms with E-state index in [1.807, 2.05) is 37.5 Å². The van der Waals surface area contributed by atoms with Gasteiger partial charge in [0.25, 0.3) is 5.56 Å². The van der Waals surface area contributed by atoms with Gasteiger partial charge in [-0.3, -0.25) is 9.36 Å². The number of aryl methyl sites for hydroxylation is 1. The maximum absolute atomic E-state index is 14.2. The summed E-state index contributed by atoms with van der Waals surface area (Å²) in [4.78, 5) is 32.7. The summed E-state index contributed by atoms with van der Waals surface area (Å²) in [5.74, 6) is -0.0788. The summed E-state index contributed by atoms with van der Waals surface area (Å²) in [5, 5.41) is 0.0229. The van der Waals surface area contributed by atoms with Crippen molar-refractivity contribution in [2.24, 2.45) is 4.99 Å². The molecule has 0 saturated heterocycles. The third-order valence-corrected chi connectivity index (χ3v) is 9.27. The highest BCUT2D eigenvalue weighted by Crippen LogP contribution is 2.41. The van der Waals surface area contributed by atoms with Crippen LogP contribution in [0.3, 0.4) is 0 Å². The van der Waals surface area contributed by atoms with E-state index < -0.39 is 17.8 Å². The fourth-order valence-electron chi connectivity index (χ4n) is 5.37. The van der Waals surface area contributed by atoms with Crippen LogP contribution >= 0.6 is 38.9 Å². The monoisotopic (exact) mass is 701 g/mol. The molecular formula is C32H30BrClFN3O5S. The number of carbonyl (C=O) groups excluding carboxylic acids is 1. The Morgan fingerprint density at radius 2 is 1.89 bits per heavy atom. The molecule has 0 spiro atoms. The number of fused-ring (bicyclic) bond motifs is 1. The summed E-state index contributed by atoms with van der Waals surface area (Å²) >= 11 is 10.9. The first-order valence-corrected chi connectivity index (χ1v) is 15.8. The van der Waals surface area contributed by atoms with Crippen molar-refractivity contribution in [1.29, 1.82) is 0 Å². The van der Waals surface area contributed by atoms with Crippen LogP contribution in [0, 0.1) is 19.7 Å². The second-order valence-corrected chi connectivity index (χ2v) is 12.3. The lowest BCUT2D eigenvalue weighted by Crippen LogP contribution is -2.40. The molecule has 4 aromatic rings. The van der Waals surface area contributed by atoms with Crippen LogP contribution < -0.4 is 24.4 Å². The predicted molar refractivity (Wildman–Crippen MR) is 172 cm³/mol. The van der Waals surface area contributed by atoms with Gasteiger partial charge >= 0.3 is 5.97 Å². The Labute approximate surface area is 270 Å². The molecule has 44 heavy (non-hydrogen) atoms. The molecule has 1 aliphatic heterocycles. The lowest BCUT2D eigenvalue weighted by molar-refractivity contribution is -0.139. The van der Waals surface area contributed by atoms with E-state index in [0.29, 0.717) is 48.9 Å². The van der Waals surface area contributed by atoms with Gasteiger partial charge in [-0.05, 0) is 88.2 Å². The van der Waals surface area contributed by atoms with E-state index in [1.165, 1.54) is 29.1 Å². The molecular weight excluding hydrogens is 673 g/mol. The van der Waals surface area contributed by atoms with Crippen molar-refractivity contribution < 1.29 is 23.4 Å². The minimum Gasteiger partial charge on any atom is -0.493 e. The van der Waals surface area contributed by atoms with Gasteiger partial charge in [0.15, 0.2) is 16.3 Å². The Kier molecular flexibility index (Phi) is 9.20. The molecule has 5 rings (SSSR count). The number of benzene rings is 2. The van der Waals surface area contributed by atoms with Crippen molar-refractivity contribution in [3.05, 3.63) is 105 Å². The average molecular weight is 703 g/mol. The zero-order chi connectivity index (χ0) is 31.9. The van der Waals surface area contributed by atoms with Gasteiger partial charge in [0.2, 0.25) is 0 Å². The number of carbonyl (C=O) groups is 1. The molecule has 230 valence electrons. The number of ether oxygens (including phenoxy) is 3. The average Bonchev–Trinajstić information content (AvgIpc) is 3.43. The SMILES string of the molecule is CCOC(=O)C1=C(C)N=c2s/c(=C/c3cc(C)n(-c4ccc(F)c(Cl)c4)c3C)c(=O)n2[C@H]1c1cc(OC)c(OCC)cc1Br. The van der Waals surface area contributed by atoms with Crippen LogP contribution in [0.1, 0.15) is 49.3 Å². The number of methoxy groups -OCH3 is 1. The van der Waals surface area contributed by atoms with E-state index >= 15 is 0 Å². The van der Waals surface area contributed by atoms with Crippen LogP contribution in [0.15, 0.2) is 61.9 Å². The van der Waals surface area contributed by atoms with Crippen LogP contribution in [0.4, 0.5) is 4.39 Å². The van der Waals surface area contributed by atoms with Gasteiger partial charge in [0, 0.05) is 21.5 Å². The lowest BCUT2D eigenvalue weighted by atomic mass is 9.95. The van der Waals surface area contributed by atoms with Crippen LogP contribution in [-0.2, 0) is 9.53 Å². The van der Waals surface area contributed by atoms with Gasteiger partial charge in [-0.15, -0.1) is 0 Å². The molecule has 0 radical (unpaired) electrons. The topological polar surface area (TPSA) is 84.1 Å². The number of rotatable bonds is 8. The van der Waals surface area contributed by atoms with E-state index in [9.17, 15) is 14.0 Å². The predicted octanol–water partition coefficient (Wildman–Crippen LogP) is 6.17. The van der Waals surface area contributed by atoms with Crippen LogP contribution in [0.25, 0.3) is 11.8 Å². The fourth-order valence-corrected chi connectivity index (χ4v) is 7.12. The zero-order valence-electron chi connectivity index (χ0n) is 25.0. The highest BCUT2D eigenvalue weighted by Gasteiger charge is 2.35. The summed E-state index contributed by atoms with van der Waals surface area (Å²) in [7, 11) is 1.53. The molecule has 1 aliphatic rings. The summed E-state index contributed by atoms with van der Waals surface area (Å²) in [6.07, 6.45) is 1.81. The number of halogens is 3. The van der Waals surface area contributed by atoms with E-state index in [2.05, 4.69) is 20.9 Å². The Hall–Kier alpha value is -3.67. The van der Waals surface area contributed by atoms with Gasteiger partial charge in [0.05, 0.1) is 47.2 Å². The molecule has 2 aromatic carbocycles. The Balaban J connectivity index is 1.72. The van der Waals surface area contributed by atoms with Crippen molar-refractivity contribution in [3.8, 4) is 17.2 Å². The van der Waals surface area contributed by atoms with Crippen LogP contribution in [0.2, 0.25) is 5.02 Å². The van der Waals surface area contributed by atoms with Crippen molar-refractivity contribution >= 4 is 50.9 Å². The smallest absolute Gasteiger partial charge is 0.338 e. The number of hydrogen-bond donors (Lipinski definition) is 0. The highest BCUT2D eigenvalue weighted by atomic mass is 79.9. The first kappa shape index (κ1) is 31.7. The highest BCUT2D eigenvalue weighted by molar-refractivity contribution is 9.10. The van der Waals surface area contributed by atoms with E-state index in [4.69, 9.17) is 25.8 Å². The summed E-state index contributed by atoms with van der Waals surface area (Å²) in [6, 6.07) is 9.18. The molecule has 0 N–H and O–H groups in total. The second kappa shape index (κ2) is 12.7. The van der Waals surface area contributed by atoms with Crippen LogP contribution in [0.5, 0.6) is 11.5 Å². The normalized spacial score (nSPS) is 14.8. The minimum absolute atomic E-state index is 0.0229. The summed E-state index contributed by atoms with van der Waals surface area (Å²) in [5.41, 5.74) is 4.23. The van der Waals surface area contributed by atoms with Gasteiger partial charge in [-0.25, -0.2) is 14.2 Å². The number of nitrogens with zero attached hydrogens (tertiary/aromatic N) is 3. The molecule has 0 bridgehead atoms.